The molecule has 1 aromatic heterocycles. The van der Waals surface area contributed by atoms with Gasteiger partial charge in [-0.3, -0.25) is 5.41 Å². The monoisotopic (exact) mass is 364 g/mol. The highest BCUT2D eigenvalue weighted by molar-refractivity contribution is 6.13. The number of hydrogen-bond donors (Lipinski definition) is 2. The molecular formula is C20H24N6O. The molecule has 7 heteroatoms. The summed E-state index contributed by atoms with van der Waals surface area (Å²) < 4.78 is 5.72. The summed E-state index contributed by atoms with van der Waals surface area (Å²) in [6, 6.07) is 9.47. The Morgan fingerprint density at radius 1 is 1.30 bits per heavy atom. The van der Waals surface area contributed by atoms with Crippen LogP contribution < -0.4 is 15.4 Å². The summed E-state index contributed by atoms with van der Waals surface area (Å²) in [5.41, 5.74) is 7.92. The van der Waals surface area contributed by atoms with Crippen molar-refractivity contribution >= 4 is 17.2 Å². The zero-order chi connectivity index (χ0) is 19.4. The molecule has 1 aliphatic heterocycles. The van der Waals surface area contributed by atoms with Crippen LogP contribution >= 0.6 is 0 Å². The molecule has 140 valence electrons. The van der Waals surface area contributed by atoms with Crippen molar-refractivity contribution in [1.29, 1.82) is 10.7 Å². The highest BCUT2D eigenvalue weighted by Crippen LogP contribution is 2.25. The quantitative estimate of drug-likeness (QED) is 0.623. The Bertz CT molecular complexity index is 865. The summed E-state index contributed by atoms with van der Waals surface area (Å²) in [5, 5.41) is 17.6. The summed E-state index contributed by atoms with van der Waals surface area (Å²) in [6.07, 6.45) is 3.17. The molecule has 7 nitrogen and oxygen atoms in total. The Hall–Kier alpha value is -3.14. The molecule has 0 saturated carbocycles. The SMILES string of the molecule is CC(C)Oc1ccc(N)c(C(=N)c2cc(N3CCC(C#N)CC3)ncn2)c1. The van der Waals surface area contributed by atoms with Crippen LogP contribution in [0.5, 0.6) is 5.75 Å². The van der Waals surface area contributed by atoms with Crippen LogP contribution in [0.3, 0.4) is 0 Å². The number of nitrogens with zero attached hydrogens (tertiary/aromatic N) is 4. The third-order valence-electron chi connectivity index (χ3n) is 4.58. The summed E-state index contributed by atoms with van der Waals surface area (Å²) in [5.74, 6) is 1.56. The van der Waals surface area contributed by atoms with E-state index in [1.54, 1.807) is 18.2 Å². The molecule has 3 rings (SSSR count). The van der Waals surface area contributed by atoms with Crippen LogP contribution in [0.25, 0.3) is 0 Å². The number of rotatable bonds is 5. The van der Waals surface area contributed by atoms with E-state index in [-0.39, 0.29) is 17.7 Å². The van der Waals surface area contributed by atoms with Gasteiger partial charge in [0.1, 0.15) is 17.9 Å². The van der Waals surface area contributed by atoms with Crippen LogP contribution in [0.2, 0.25) is 0 Å². The van der Waals surface area contributed by atoms with E-state index in [9.17, 15) is 0 Å². The summed E-state index contributed by atoms with van der Waals surface area (Å²) in [7, 11) is 0. The van der Waals surface area contributed by atoms with Crippen molar-refractivity contribution in [2.24, 2.45) is 5.92 Å². The topological polar surface area (TPSA) is 112 Å². The number of nitriles is 1. The van der Waals surface area contributed by atoms with E-state index in [1.165, 1.54) is 6.33 Å². The van der Waals surface area contributed by atoms with Gasteiger partial charge in [-0.2, -0.15) is 5.26 Å². The van der Waals surface area contributed by atoms with Gasteiger partial charge < -0.3 is 15.4 Å². The van der Waals surface area contributed by atoms with Crippen molar-refractivity contribution in [2.45, 2.75) is 32.8 Å². The highest BCUT2D eigenvalue weighted by Gasteiger charge is 2.21. The number of hydrogen-bond acceptors (Lipinski definition) is 7. The predicted molar refractivity (Wildman–Crippen MR) is 105 cm³/mol. The second-order valence-corrected chi connectivity index (χ2v) is 6.94. The summed E-state index contributed by atoms with van der Waals surface area (Å²) in [4.78, 5) is 10.7. The summed E-state index contributed by atoms with van der Waals surface area (Å²) in [6.45, 7) is 5.46. The van der Waals surface area contributed by atoms with E-state index < -0.39 is 0 Å². The van der Waals surface area contributed by atoms with E-state index >= 15 is 0 Å². The van der Waals surface area contributed by atoms with Gasteiger partial charge in [0.2, 0.25) is 0 Å². The average molecular weight is 364 g/mol. The van der Waals surface area contributed by atoms with Crippen molar-refractivity contribution in [3.05, 3.63) is 41.9 Å². The van der Waals surface area contributed by atoms with Crippen LogP contribution in [0, 0.1) is 22.7 Å². The van der Waals surface area contributed by atoms with Crippen molar-refractivity contribution in [3.8, 4) is 11.8 Å². The first-order valence-corrected chi connectivity index (χ1v) is 9.10. The molecule has 0 atom stereocenters. The van der Waals surface area contributed by atoms with E-state index in [2.05, 4.69) is 20.9 Å². The van der Waals surface area contributed by atoms with Gasteiger partial charge in [-0.05, 0) is 44.9 Å². The molecule has 0 bridgehead atoms. The van der Waals surface area contributed by atoms with Gasteiger partial charge in [0, 0.05) is 36.3 Å². The maximum Gasteiger partial charge on any atom is 0.132 e. The fourth-order valence-corrected chi connectivity index (χ4v) is 3.13. The van der Waals surface area contributed by atoms with Crippen LogP contribution in [-0.4, -0.2) is 34.9 Å². The van der Waals surface area contributed by atoms with Crippen molar-refractivity contribution in [2.75, 3.05) is 23.7 Å². The molecular weight excluding hydrogens is 340 g/mol. The molecule has 0 spiro atoms. The van der Waals surface area contributed by atoms with E-state index in [4.69, 9.17) is 21.1 Å². The number of piperidine rings is 1. The molecule has 0 unspecified atom stereocenters. The number of nitrogens with two attached hydrogens (primary N) is 1. The minimum Gasteiger partial charge on any atom is -0.491 e. The maximum absolute atomic E-state index is 9.05. The van der Waals surface area contributed by atoms with Crippen LogP contribution in [0.1, 0.15) is 37.9 Å². The first-order chi connectivity index (χ1) is 13.0. The van der Waals surface area contributed by atoms with Gasteiger partial charge in [-0.25, -0.2) is 9.97 Å². The standard InChI is InChI=1S/C20H24N6O/c1-13(2)27-15-3-4-17(22)16(9-15)20(23)18-10-19(25-12-24-18)26-7-5-14(11-21)6-8-26/h3-4,9-10,12-14,23H,5-8,22H2,1-2H3. The molecule has 1 aliphatic rings. The van der Waals surface area contributed by atoms with E-state index in [0.717, 1.165) is 31.7 Å². The molecule has 0 aliphatic carbocycles. The van der Waals surface area contributed by atoms with Crippen LogP contribution in [-0.2, 0) is 0 Å². The normalized spacial score (nSPS) is 14.8. The van der Waals surface area contributed by atoms with Gasteiger partial charge >= 0.3 is 0 Å². The number of nitrogen functional groups attached to an aromatic ring is 1. The van der Waals surface area contributed by atoms with E-state index in [0.29, 0.717) is 22.7 Å². The predicted octanol–water partition coefficient (Wildman–Crippen LogP) is 3.00. The zero-order valence-electron chi connectivity index (χ0n) is 15.6. The molecule has 1 aromatic carbocycles. The highest BCUT2D eigenvalue weighted by atomic mass is 16.5. The molecule has 1 fully saturated rings. The lowest BCUT2D eigenvalue weighted by atomic mass is 9.98. The molecule has 0 amide bonds. The molecule has 3 N–H and O–H groups in total. The van der Waals surface area contributed by atoms with E-state index in [1.807, 2.05) is 19.9 Å². The maximum atomic E-state index is 9.05. The third-order valence-corrected chi connectivity index (χ3v) is 4.58. The lowest BCUT2D eigenvalue weighted by molar-refractivity contribution is 0.242. The largest absolute Gasteiger partial charge is 0.491 e. The molecule has 2 aromatic rings. The van der Waals surface area contributed by atoms with Gasteiger partial charge in [0.25, 0.3) is 0 Å². The van der Waals surface area contributed by atoms with Crippen molar-refractivity contribution in [3.63, 3.8) is 0 Å². The first-order valence-electron chi connectivity index (χ1n) is 9.10. The fourth-order valence-electron chi connectivity index (χ4n) is 3.13. The lowest BCUT2D eigenvalue weighted by Crippen LogP contribution is -2.34. The number of benzene rings is 1. The number of aromatic nitrogens is 2. The Morgan fingerprint density at radius 3 is 2.70 bits per heavy atom. The third kappa shape index (κ3) is 4.34. The van der Waals surface area contributed by atoms with Crippen LogP contribution in [0.4, 0.5) is 11.5 Å². The van der Waals surface area contributed by atoms with Gasteiger partial charge in [-0.1, -0.05) is 0 Å². The number of nitrogens with one attached hydrogen (secondary N) is 1. The van der Waals surface area contributed by atoms with Crippen molar-refractivity contribution < 1.29 is 4.74 Å². The Morgan fingerprint density at radius 2 is 2.04 bits per heavy atom. The Kier molecular flexibility index (Phi) is 5.55. The smallest absolute Gasteiger partial charge is 0.132 e. The first kappa shape index (κ1) is 18.6. The Balaban J connectivity index is 1.83. The summed E-state index contributed by atoms with van der Waals surface area (Å²) >= 11 is 0. The second-order valence-electron chi connectivity index (χ2n) is 6.94. The minimum atomic E-state index is 0.0395. The van der Waals surface area contributed by atoms with Gasteiger partial charge in [0.05, 0.1) is 23.6 Å². The van der Waals surface area contributed by atoms with Gasteiger partial charge in [0.15, 0.2) is 0 Å². The van der Waals surface area contributed by atoms with Gasteiger partial charge in [-0.15, -0.1) is 0 Å². The Labute approximate surface area is 159 Å². The zero-order valence-corrected chi connectivity index (χ0v) is 15.6. The fraction of sp³-hybridized carbons (Fsp3) is 0.400. The second kappa shape index (κ2) is 8.04. The number of ether oxygens (including phenoxy) is 1. The molecule has 27 heavy (non-hydrogen) atoms. The van der Waals surface area contributed by atoms with Crippen LogP contribution in [0.15, 0.2) is 30.6 Å². The number of anilines is 2. The lowest BCUT2D eigenvalue weighted by Gasteiger charge is -2.30. The average Bonchev–Trinajstić information content (AvgIpc) is 2.68. The minimum absolute atomic E-state index is 0.0395. The molecule has 1 saturated heterocycles. The molecule has 0 radical (unpaired) electrons. The molecule has 2 heterocycles. The van der Waals surface area contributed by atoms with Crippen molar-refractivity contribution in [1.82, 2.24) is 9.97 Å².